The molecule has 0 unspecified atom stereocenters. The van der Waals surface area contributed by atoms with Crippen LogP contribution < -0.4 is 0 Å². The fraction of sp³-hybridized carbons (Fsp3) is 0.800. The van der Waals surface area contributed by atoms with Crippen molar-refractivity contribution in [3.8, 4) is 0 Å². The van der Waals surface area contributed by atoms with E-state index in [-0.39, 0.29) is 5.78 Å². The van der Waals surface area contributed by atoms with E-state index in [1.807, 2.05) is 0 Å². The lowest BCUT2D eigenvalue weighted by Crippen LogP contribution is -1.69. The van der Waals surface area contributed by atoms with Crippen LogP contribution in [0.5, 0.6) is 0 Å². The largest absolute Gasteiger partial charge is 0.388 e. The Morgan fingerprint density at radius 3 is 1.29 bits per heavy atom. The molecule has 0 heterocycles. The Kier molecular flexibility index (Phi) is 12.8. The van der Waals surface area contributed by atoms with Crippen molar-refractivity contribution in [3.63, 3.8) is 0 Å². The van der Waals surface area contributed by atoms with Gasteiger partial charge in [0.15, 0.2) is 0 Å². The first kappa shape index (κ1) is 9.80. The molecule has 0 aliphatic rings. The van der Waals surface area contributed by atoms with Gasteiger partial charge in [0.1, 0.15) is 5.78 Å². The Balaban J connectivity index is 0. The molecule has 7 heavy (non-hydrogen) atoms. The van der Waals surface area contributed by atoms with Gasteiger partial charge >= 0.3 is 0 Å². The van der Waals surface area contributed by atoms with Crippen LogP contribution in [0.4, 0.5) is 0 Å². The normalized spacial score (nSPS) is 6.29. The Morgan fingerprint density at radius 1 is 1.29 bits per heavy atom. The van der Waals surface area contributed by atoms with E-state index in [0.29, 0.717) is 0 Å². The summed E-state index contributed by atoms with van der Waals surface area (Å²) in [5.74, 6) is 0.167. The van der Waals surface area contributed by atoms with Crippen molar-refractivity contribution in [3.05, 3.63) is 0 Å². The number of hydrogen-bond acceptors (Lipinski definition) is 2. The van der Waals surface area contributed by atoms with E-state index in [9.17, 15) is 4.79 Å². The van der Waals surface area contributed by atoms with Gasteiger partial charge in [-0.05, 0) is 13.8 Å². The molecule has 0 bridgehead atoms. The maximum atomic E-state index is 9.44. The van der Waals surface area contributed by atoms with Crippen molar-refractivity contribution in [2.75, 3.05) is 14.2 Å². The highest BCUT2D eigenvalue weighted by Gasteiger charge is 1.62. The number of hydrogen-bond donors (Lipinski definition) is 0. The maximum Gasteiger partial charge on any atom is 0.126 e. The summed E-state index contributed by atoms with van der Waals surface area (Å²) in [4.78, 5) is 9.44. The fourth-order valence-electron chi connectivity index (χ4n) is 0. The quantitative estimate of drug-likeness (QED) is 0.455. The van der Waals surface area contributed by atoms with Crippen molar-refractivity contribution >= 4 is 5.78 Å². The summed E-state index contributed by atoms with van der Waals surface area (Å²) >= 11 is 0. The molecule has 44 valence electrons. The highest BCUT2D eigenvalue weighted by atomic mass is 16.4. The number of carbonyl (C=O) groups is 1. The minimum Gasteiger partial charge on any atom is -0.388 e. The molecule has 0 aromatic carbocycles. The van der Waals surface area contributed by atoms with Gasteiger partial charge in [-0.25, -0.2) is 0 Å². The molecule has 0 fully saturated rings. The van der Waals surface area contributed by atoms with E-state index < -0.39 is 0 Å². The molecule has 2 heteroatoms. The van der Waals surface area contributed by atoms with Gasteiger partial charge in [0.25, 0.3) is 0 Å². The van der Waals surface area contributed by atoms with Crippen molar-refractivity contribution in [2.24, 2.45) is 0 Å². The topological polar surface area (TPSA) is 26.3 Å². The molecule has 2 nitrogen and oxygen atoms in total. The second-order valence-corrected chi connectivity index (χ2v) is 1.32. The third kappa shape index (κ3) is 542. The van der Waals surface area contributed by atoms with Gasteiger partial charge in [-0.15, -0.1) is 0 Å². The Bertz CT molecular complexity index is 37.3. The molecule has 0 radical (unpaired) electrons. The van der Waals surface area contributed by atoms with Gasteiger partial charge < -0.3 is 9.53 Å². The minimum absolute atomic E-state index is 0.167. The van der Waals surface area contributed by atoms with Crippen LogP contribution in [-0.2, 0) is 9.53 Å². The third-order valence-corrected chi connectivity index (χ3v) is 0. The highest BCUT2D eigenvalue weighted by molar-refractivity contribution is 5.72. The fourth-order valence-corrected chi connectivity index (χ4v) is 0. The SMILES string of the molecule is CC(C)=O.COC. The number of Topliss-reactive ketones (excluding diaryl/α,β-unsaturated/α-hetero) is 1. The first-order chi connectivity index (χ1) is 3.15. The number of methoxy groups -OCH3 is 1. The zero-order valence-corrected chi connectivity index (χ0v) is 5.32. The molecule has 0 N–H and O–H groups in total. The van der Waals surface area contributed by atoms with Gasteiger partial charge in [0, 0.05) is 14.2 Å². The molecule has 0 spiro atoms. The van der Waals surface area contributed by atoms with Crippen LogP contribution in [0.1, 0.15) is 13.8 Å². The van der Waals surface area contributed by atoms with Crippen LogP contribution in [0.15, 0.2) is 0 Å². The van der Waals surface area contributed by atoms with Crippen molar-refractivity contribution in [1.82, 2.24) is 0 Å². The number of ketones is 1. The van der Waals surface area contributed by atoms with E-state index in [2.05, 4.69) is 4.74 Å². The summed E-state index contributed by atoms with van der Waals surface area (Å²) in [6, 6.07) is 0. The average Bonchev–Trinajstić information content (AvgIpc) is 1.33. The number of carbonyl (C=O) groups excluding carboxylic acids is 1. The highest BCUT2D eigenvalue weighted by Crippen LogP contribution is 1.50. The Hall–Kier alpha value is -0.370. The molecule has 0 aromatic heterocycles. The smallest absolute Gasteiger partial charge is 0.126 e. The van der Waals surface area contributed by atoms with Crippen LogP contribution >= 0.6 is 0 Å². The zero-order valence-electron chi connectivity index (χ0n) is 5.32. The Labute approximate surface area is 44.5 Å². The predicted octanol–water partition coefficient (Wildman–Crippen LogP) is 0.858. The molecular formula is C5H12O2. The summed E-state index contributed by atoms with van der Waals surface area (Å²) < 4.78 is 4.25. The summed E-state index contributed by atoms with van der Waals surface area (Å²) in [6.45, 7) is 3.06. The molecule has 0 aliphatic carbocycles. The van der Waals surface area contributed by atoms with E-state index in [1.54, 1.807) is 14.2 Å². The molecule has 0 aromatic rings. The minimum atomic E-state index is 0.167. The van der Waals surface area contributed by atoms with E-state index in [4.69, 9.17) is 0 Å². The lowest BCUT2D eigenvalue weighted by atomic mass is 10.6. The lowest BCUT2D eigenvalue weighted by Gasteiger charge is -1.61. The monoisotopic (exact) mass is 104 g/mol. The van der Waals surface area contributed by atoms with Crippen LogP contribution in [0, 0.1) is 0 Å². The standard InChI is InChI=1S/C3H6O.C2H6O/c1-3(2)4;1-3-2/h1-2H3;1-2H3. The van der Waals surface area contributed by atoms with Gasteiger partial charge in [0.2, 0.25) is 0 Å². The summed E-state index contributed by atoms with van der Waals surface area (Å²) in [5.41, 5.74) is 0. The van der Waals surface area contributed by atoms with Gasteiger partial charge in [-0.2, -0.15) is 0 Å². The number of rotatable bonds is 0. The van der Waals surface area contributed by atoms with Crippen LogP contribution in [0.3, 0.4) is 0 Å². The molecule has 0 atom stereocenters. The third-order valence-electron chi connectivity index (χ3n) is 0. The molecule has 0 saturated carbocycles. The number of ether oxygens (including phenoxy) is 1. The van der Waals surface area contributed by atoms with Crippen LogP contribution in [-0.4, -0.2) is 20.0 Å². The molecule has 0 amide bonds. The molecule has 0 aliphatic heterocycles. The predicted molar refractivity (Wildman–Crippen MR) is 29.3 cm³/mol. The van der Waals surface area contributed by atoms with Gasteiger partial charge in [-0.3, -0.25) is 0 Å². The zero-order chi connectivity index (χ0) is 6.28. The summed E-state index contributed by atoms with van der Waals surface area (Å²) in [7, 11) is 3.25. The second-order valence-electron chi connectivity index (χ2n) is 1.32. The molecule has 0 rings (SSSR count). The molecular weight excluding hydrogens is 92.1 g/mol. The van der Waals surface area contributed by atoms with Gasteiger partial charge in [0.05, 0.1) is 0 Å². The van der Waals surface area contributed by atoms with Crippen LogP contribution in [0.2, 0.25) is 0 Å². The summed E-state index contributed by atoms with van der Waals surface area (Å²) in [5, 5.41) is 0. The second kappa shape index (κ2) is 9.16. The average molecular weight is 104 g/mol. The first-order valence-electron chi connectivity index (χ1n) is 2.02. The summed E-state index contributed by atoms with van der Waals surface area (Å²) in [6.07, 6.45) is 0. The molecule has 0 saturated heterocycles. The van der Waals surface area contributed by atoms with E-state index >= 15 is 0 Å². The van der Waals surface area contributed by atoms with Crippen molar-refractivity contribution in [2.45, 2.75) is 13.8 Å². The first-order valence-corrected chi connectivity index (χ1v) is 2.02. The van der Waals surface area contributed by atoms with E-state index in [0.717, 1.165) is 0 Å². The van der Waals surface area contributed by atoms with Crippen LogP contribution in [0.25, 0.3) is 0 Å². The van der Waals surface area contributed by atoms with E-state index in [1.165, 1.54) is 13.8 Å². The van der Waals surface area contributed by atoms with Crippen molar-refractivity contribution in [1.29, 1.82) is 0 Å². The Morgan fingerprint density at radius 2 is 1.29 bits per heavy atom. The van der Waals surface area contributed by atoms with Crippen molar-refractivity contribution < 1.29 is 9.53 Å². The lowest BCUT2D eigenvalue weighted by molar-refractivity contribution is -0.114. The van der Waals surface area contributed by atoms with Gasteiger partial charge in [-0.1, -0.05) is 0 Å². The maximum absolute atomic E-state index is 9.44.